The first-order chi connectivity index (χ1) is 17.2. The Hall–Kier alpha value is -3.74. The molecule has 1 saturated heterocycles. The molecule has 4 heterocycles. The average molecular weight is 510 g/mol. The number of fused-ring (bicyclic) bond motifs is 3. The summed E-state index contributed by atoms with van der Waals surface area (Å²) >= 11 is 0. The number of halogens is 5. The molecule has 1 aromatic carbocycles. The number of ether oxygens (including phenoxy) is 3. The van der Waals surface area contributed by atoms with Crippen molar-refractivity contribution in [1.29, 1.82) is 0 Å². The third-order valence-corrected chi connectivity index (χ3v) is 5.85. The maximum atomic E-state index is 14.6. The second-order valence-corrected chi connectivity index (χ2v) is 8.25. The molecule has 1 atom stereocenters. The van der Waals surface area contributed by atoms with Gasteiger partial charge in [-0.25, -0.2) is 13.6 Å². The number of hydrogen-bond acceptors (Lipinski definition) is 7. The molecular weight excluding hydrogens is 491 g/mol. The van der Waals surface area contributed by atoms with Gasteiger partial charge >= 0.3 is 11.9 Å². The summed E-state index contributed by atoms with van der Waals surface area (Å²) in [4.78, 5) is 21.6. The van der Waals surface area contributed by atoms with Crippen LogP contribution in [0.25, 0.3) is 0 Å². The van der Waals surface area contributed by atoms with E-state index < -0.39 is 40.7 Å². The number of alkyl halides is 3. The highest BCUT2D eigenvalue weighted by Crippen LogP contribution is 2.34. The van der Waals surface area contributed by atoms with Crippen LogP contribution >= 0.6 is 0 Å². The molecule has 2 aromatic heterocycles. The highest BCUT2D eigenvalue weighted by molar-refractivity contribution is 5.47. The summed E-state index contributed by atoms with van der Waals surface area (Å²) in [6.07, 6.45) is -3.15. The predicted molar refractivity (Wildman–Crippen MR) is 115 cm³/mol. The minimum absolute atomic E-state index is 0.00493. The minimum Gasteiger partial charge on any atom is -0.473 e. The van der Waals surface area contributed by atoms with Crippen molar-refractivity contribution in [3.8, 4) is 17.4 Å². The van der Waals surface area contributed by atoms with Crippen molar-refractivity contribution in [2.45, 2.75) is 31.8 Å². The zero-order valence-corrected chi connectivity index (χ0v) is 18.6. The van der Waals surface area contributed by atoms with Crippen molar-refractivity contribution in [3.63, 3.8) is 0 Å². The zero-order chi connectivity index (χ0) is 25.4. The van der Waals surface area contributed by atoms with Crippen molar-refractivity contribution < 1.29 is 36.2 Å². The van der Waals surface area contributed by atoms with Crippen LogP contribution in [0.1, 0.15) is 17.7 Å². The van der Waals surface area contributed by atoms with Gasteiger partial charge in [0.15, 0.2) is 17.4 Å². The van der Waals surface area contributed by atoms with E-state index >= 15 is 0 Å². The lowest BCUT2D eigenvalue weighted by atomic mass is 10.2. The fraction of sp³-hybridized carbons (Fsp3) is 0.348. The van der Waals surface area contributed by atoms with Crippen molar-refractivity contribution in [2.24, 2.45) is 0 Å². The summed E-state index contributed by atoms with van der Waals surface area (Å²) in [7, 11) is 0. The fourth-order valence-corrected chi connectivity index (χ4v) is 4.18. The summed E-state index contributed by atoms with van der Waals surface area (Å²) in [5.74, 6) is -2.96. The Morgan fingerprint density at radius 2 is 1.89 bits per heavy atom. The average Bonchev–Trinajstić information content (AvgIpc) is 3.01. The standard InChI is InChI=1S/C23H19F5N4O4/c24-16-7-13(8-17(25)21(16)36-15-1-3-29-18(9-15)23(26,27)28)12-35-19-10-20-31-4-6-34-5-2-14(31)11-32(20)22(33)30-19/h1,3,7-10,14H,2,4-6,11-12H2. The third kappa shape index (κ3) is 4.83. The van der Waals surface area contributed by atoms with Gasteiger partial charge in [0.25, 0.3) is 0 Å². The topological polar surface area (TPSA) is 78.7 Å². The first-order valence-corrected chi connectivity index (χ1v) is 11.0. The number of rotatable bonds is 5. The predicted octanol–water partition coefficient (Wildman–Crippen LogP) is 3.92. The van der Waals surface area contributed by atoms with Gasteiger partial charge in [-0.15, -0.1) is 0 Å². The normalized spacial score (nSPS) is 17.4. The molecule has 0 N–H and O–H groups in total. The lowest BCUT2D eigenvalue weighted by Crippen LogP contribution is -2.32. The number of nitrogens with zero attached hydrogens (tertiary/aromatic N) is 4. The van der Waals surface area contributed by atoms with Gasteiger partial charge in [-0.2, -0.15) is 18.2 Å². The monoisotopic (exact) mass is 510 g/mol. The molecular formula is C23H19F5N4O4. The number of aromatic nitrogens is 3. The molecule has 0 aliphatic carbocycles. The maximum Gasteiger partial charge on any atom is 0.433 e. The first kappa shape index (κ1) is 24.0. The van der Waals surface area contributed by atoms with E-state index in [9.17, 15) is 26.7 Å². The molecule has 1 fully saturated rings. The summed E-state index contributed by atoms with van der Waals surface area (Å²) in [6, 6.07) is 5.14. The summed E-state index contributed by atoms with van der Waals surface area (Å²) in [6.45, 7) is 1.90. The molecule has 0 amide bonds. The highest BCUT2D eigenvalue weighted by Gasteiger charge is 2.33. The van der Waals surface area contributed by atoms with Crippen LogP contribution in [0.2, 0.25) is 0 Å². The van der Waals surface area contributed by atoms with Crippen molar-refractivity contribution in [1.82, 2.24) is 14.5 Å². The van der Waals surface area contributed by atoms with E-state index in [0.717, 1.165) is 30.8 Å². The van der Waals surface area contributed by atoms with Crippen LogP contribution in [0.4, 0.5) is 27.8 Å². The Bertz CT molecular complexity index is 1320. The molecule has 0 radical (unpaired) electrons. The molecule has 2 aliphatic rings. The summed E-state index contributed by atoms with van der Waals surface area (Å²) < 4.78 is 85.2. The molecule has 1 unspecified atom stereocenters. The van der Waals surface area contributed by atoms with Crippen LogP contribution in [0, 0.1) is 11.6 Å². The largest absolute Gasteiger partial charge is 0.473 e. The van der Waals surface area contributed by atoms with E-state index in [0.29, 0.717) is 38.2 Å². The fourth-order valence-electron chi connectivity index (χ4n) is 4.18. The molecule has 0 spiro atoms. The number of benzene rings is 1. The zero-order valence-electron chi connectivity index (χ0n) is 18.6. The van der Waals surface area contributed by atoms with Gasteiger partial charge in [0.1, 0.15) is 23.9 Å². The van der Waals surface area contributed by atoms with Gasteiger partial charge in [-0.3, -0.25) is 9.55 Å². The van der Waals surface area contributed by atoms with Crippen molar-refractivity contribution in [2.75, 3.05) is 24.7 Å². The van der Waals surface area contributed by atoms with Crippen LogP contribution in [0.3, 0.4) is 0 Å². The number of pyridine rings is 1. The van der Waals surface area contributed by atoms with Gasteiger partial charge in [-0.05, 0) is 30.2 Å². The molecule has 5 rings (SSSR count). The molecule has 190 valence electrons. The van der Waals surface area contributed by atoms with Gasteiger partial charge in [-0.1, -0.05) is 0 Å². The Kier molecular flexibility index (Phi) is 6.24. The van der Waals surface area contributed by atoms with Gasteiger partial charge in [0.2, 0.25) is 5.88 Å². The SMILES string of the molecule is O=c1nc(OCc2cc(F)c(Oc3ccnc(C(F)(F)F)c3)c(F)c2)cc2n1CC1CCOCCN21. The van der Waals surface area contributed by atoms with E-state index in [4.69, 9.17) is 14.2 Å². The molecule has 0 saturated carbocycles. The minimum atomic E-state index is -4.74. The highest BCUT2D eigenvalue weighted by atomic mass is 19.4. The Labute approximate surface area is 200 Å². The molecule has 0 bridgehead atoms. The molecule has 36 heavy (non-hydrogen) atoms. The summed E-state index contributed by atoms with van der Waals surface area (Å²) in [5, 5.41) is 0. The second-order valence-electron chi connectivity index (χ2n) is 8.25. The van der Waals surface area contributed by atoms with Gasteiger partial charge in [0, 0.05) is 38.0 Å². The van der Waals surface area contributed by atoms with Crippen molar-refractivity contribution in [3.05, 3.63) is 69.9 Å². The second kappa shape index (κ2) is 9.37. The van der Waals surface area contributed by atoms with Gasteiger partial charge < -0.3 is 19.1 Å². The molecule has 2 aliphatic heterocycles. The van der Waals surface area contributed by atoms with Crippen LogP contribution in [-0.2, 0) is 24.1 Å². The van der Waals surface area contributed by atoms with E-state index in [1.165, 1.54) is 0 Å². The van der Waals surface area contributed by atoms with E-state index in [-0.39, 0.29) is 24.1 Å². The number of hydrogen-bond donors (Lipinski definition) is 0. The molecule has 13 heteroatoms. The quantitative estimate of drug-likeness (QED) is 0.482. The maximum absolute atomic E-state index is 14.6. The van der Waals surface area contributed by atoms with Gasteiger partial charge in [0.05, 0.1) is 12.6 Å². The molecule has 8 nitrogen and oxygen atoms in total. The first-order valence-electron chi connectivity index (χ1n) is 11.0. The third-order valence-electron chi connectivity index (χ3n) is 5.85. The lowest BCUT2D eigenvalue weighted by Gasteiger charge is -2.22. The van der Waals surface area contributed by atoms with Crippen LogP contribution in [-0.4, -0.2) is 40.3 Å². The van der Waals surface area contributed by atoms with E-state index in [1.54, 1.807) is 10.6 Å². The summed E-state index contributed by atoms with van der Waals surface area (Å²) in [5.41, 5.74) is -1.69. The molecule has 3 aromatic rings. The smallest absolute Gasteiger partial charge is 0.433 e. The lowest BCUT2D eigenvalue weighted by molar-refractivity contribution is -0.141. The van der Waals surface area contributed by atoms with E-state index in [1.807, 2.05) is 0 Å². The van der Waals surface area contributed by atoms with Crippen LogP contribution in [0.15, 0.2) is 41.3 Å². The number of anilines is 1. The Balaban J connectivity index is 1.31. The Morgan fingerprint density at radius 3 is 2.64 bits per heavy atom. The Morgan fingerprint density at radius 1 is 1.11 bits per heavy atom. The van der Waals surface area contributed by atoms with Crippen molar-refractivity contribution >= 4 is 5.82 Å². The van der Waals surface area contributed by atoms with Crippen LogP contribution in [0.5, 0.6) is 17.4 Å². The van der Waals surface area contributed by atoms with Crippen LogP contribution < -0.4 is 20.1 Å². The van der Waals surface area contributed by atoms with E-state index in [2.05, 4.69) is 14.9 Å².